The monoisotopic (exact) mass is 1250 g/mol. The number of hydrogen-bond donors (Lipinski definition) is 4. The Bertz CT molecular complexity index is 3800. The first-order chi connectivity index (χ1) is 38.9. The number of esters is 1. The van der Waals surface area contributed by atoms with Gasteiger partial charge in [0.05, 0.1) is 62.1 Å². The van der Waals surface area contributed by atoms with Crippen LogP contribution in [0.4, 0.5) is 28.9 Å². The smallest absolute Gasteiger partial charge is 0.311 e. The van der Waals surface area contributed by atoms with Crippen molar-refractivity contribution in [3.63, 3.8) is 0 Å². The van der Waals surface area contributed by atoms with Gasteiger partial charge >= 0.3 is 5.97 Å². The summed E-state index contributed by atoms with van der Waals surface area (Å²) in [4.78, 5) is 13.2. The van der Waals surface area contributed by atoms with Crippen LogP contribution >= 0.6 is 0 Å². The van der Waals surface area contributed by atoms with Crippen molar-refractivity contribution in [2.45, 2.75) is 89.3 Å². The lowest BCUT2D eigenvalue weighted by molar-refractivity contribution is -0.135. The van der Waals surface area contributed by atoms with Crippen LogP contribution in [0.3, 0.4) is 0 Å². The first-order valence-corrected chi connectivity index (χ1v) is 31.4. The van der Waals surface area contributed by atoms with E-state index in [1.807, 2.05) is 22.8 Å². The third-order valence-corrected chi connectivity index (χ3v) is 18.0. The second-order valence-electron chi connectivity index (χ2n) is 20.3. The van der Waals surface area contributed by atoms with E-state index in [1.165, 1.54) is 19.2 Å². The van der Waals surface area contributed by atoms with Gasteiger partial charge in [0.2, 0.25) is 17.4 Å². The molecule has 0 saturated heterocycles. The summed E-state index contributed by atoms with van der Waals surface area (Å²) in [5.74, 6) is -10.1. The summed E-state index contributed by atoms with van der Waals surface area (Å²) in [5, 5.41) is -0.0664. The van der Waals surface area contributed by atoms with Crippen molar-refractivity contribution in [3.8, 4) is 5.75 Å². The number of methoxy groups -OCH3 is 2. The predicted octanol–water partition coefficient (Wildman–Crippen LogP) is 8.12. The van der Waals surface area contributed by atoms with Gasteiger partial charge in [-0.15, -0.1) is 0 Å². The molecule has 2 heterocycles. The molecule has 21 nitrogen and oxygen atoms in total. The van der Waals surface area contributed by atoms with Gasteiger partial charge in [0, 0.05) is 85.1 Å². The predicted molar refractivity (Wildman–Crippen MR) is 294 cm³/mol. The molecule has 0 fully saturated rings. The van der Waals surface area contributed by atoms with E-state index in [4.69, 9.17) is 23.7 Å². The zero-order chi connectivity index (χ0) is 61.0. The molecule has 0 amide bonds. The second kappa shape index (κ2) is 25.9. The Hall–Kier alpha value is -5.67. The molecule has 0 bridgehead atoms. The van der Waals surface area contributed by atoms with Crippen molar-refractivity contribution in [2.75, 3.05) is 90.0 Å². The van der Waals surface area contributed by atoms with Crippen LogP contribution in [0.5, 0.6) is 5.75 Å². The molecular weight excluding hydrogens is 1180 g/mol. The molecule has 5 aromatic rings. The van der Waals surface area contributed by atoms with Crippen LogP contribution in [0.15, 0.2) is 98.1 Å². The summed E-state index contributed by atoms with van der Waals surface area (Å²) in [6, 6.07) is 8.65. The summed E-state index contributed by atoms with van der Waals surface area (Å²) < 4.78 is 232. The minimum atomic E-state index is -5.12. The SMILES string of the molecule is COCCOCCOCCOCCC1(C)c2c(ccc3c(S(=O)(=O)O)cc(S(=O)(=O)O)cc23)N(CCOC)C1/C=C/C=C1/N(CCCCCC(=O)Oc2c(F)c(F)cc(F)c2F)c2ccc3c(S(=O)(=O)O)cc(S(=O)(=O)O)cc3c2C1(C)C. The highest BCUT2D eigenvalue weighted by Gasteiger charge is 2.48. The number of unbranched alkanes of at least 4 members (excludes halogenated alkanes) is 2. The molecule has 4 N–H and O–H groups in total. The van der Waals surface area contributed by atoms with Gasteiger partial charge < -0.3 is 38.2 Å². The summed E-state index contributed by atoms with van der Waals surface area (Å²) in [6.45, 7) is 7.55. The first-order valence-electron chi connectivity index (χ1n) is 25.7. The van der Waals surface area contributed by atoms with Crippen molar-refractivity contribution >= 4 is 79.4 Å². The van der Waals surface area contributed by atoms with Gasteiger partial charge in [-0.2, -0.15) is 42.5 Å². The lowest BCUT2D eigenvalue weighted by Crippen LogP contribution is -2.44. The molecule has 0 spiro atoms. The molecule has 2 aliphatic rings. The lowest BCUT2D eigenvalue weighted by atomic mass is 9.74. The number of nitrogens with zero attached hydrogens (tertiary/aromatic N) is 2. The molecule has 0 aromatic heterocycles. The van der Waals surface area contributed by atoms with Crippen LogP contribution in [-0.2, 0) is 79.8 Å². The van der Waals surface area contributed by atoms with Crippen LogP contribution in [0.1, 0.15) is 64.0 Å². The van der Waals surface area contributed by atoms with Crippen molar-refractivity contribution in [1.82, 2.24) is 0 Å². The molecule has 0 aliphatic carbocycles. The van der Waals surface area contributed by atoms with Gasteiger partial charge in [0.15, 0.2) is 11.6 Å². The summed E-state index contributed by atoms with van der Waals surface area (Å²) in [7, 11) is -17.4. The number of fused-ring (bicyclic) bond motifs is 6. The van der Waals surface area contributed by atoms with Crippen LogP contribution < -0.4 is 14.5 Å². The summed E-state index contributed by atoms with van der Waals surface area (Å²) >= 11 is 0. The van der Waals surface area contributed by atoms with E-state index >= 15 is 0 Å². The molecule has 2 unspecified atom stereocenters. The van der Waals surface area contributed by atoms with E-state index in [-0.39, 0.29) is 99.4 Å². The van der Waals surface area contributed by atoms with Crippen LogP contribution in [-0.4, -0.2) is 144 Å². The molecular formula is C54H62F4N2O19S4. The van der Waals surface area contributed by atoms with E-state index in [2.05, 4.69) is 4.74 Å². The fourth-order valence-electron chi connectivity index (χ4n) is 10.7. The zero-order valence-electron chi connectivity index (χ0n) is 45.6. The maximum atomic E-state index is 14.3. The number of rotatable bonds is 28. The number of carbonyl (C=O) groups is 1. The van der Waals surface area contributed by atoms with E-state index in [1.54, 1.807) is 45.2 Å². The van der Waals surface area contributed by atoms with Crippen LogP contribution in [0.25, 0.3) is 21.5 Å². The molecule has 29 heteroatoms. The number of halogens is 4. The van der Waals surface area contributed by atoms with E-state index in [0.717, 1.165) is 12.1 Å². The van der Waals surface area contributed by atoms with Gasteiger partial charge in [-0.1, -0.05) is 51.5 Å². The van der Waals surface area contributed by atoms with Gasteiger partial charge in [-0.3, -0.25) is 23.0 Å². The van der Waals surface area contributed by atoms with E-state index < -0.39 is 118 Å². The Kier molecular flexibility index (Phi) is 20.2. The Morgan fingerprint density at radius 3 is 1.61 bits per heavy atom. The molecule has 2 atom stereocenters. The molecule has 83 heavy (non-hydrogen) atoms. The van der Waals surface area contributed by atoms with Crippen molar-refractivity contribution in [3.05, 3.63) is 113 Å². The second-order valence-corrected chi connectivity index (χ2v) is 25.9. The molecule has 5 aromatic carbocycles. The highest BCUT2D eigenvalue weighted by molar-refractivity contribution is 7.87. The molecule has 0 radical (unpaired) electrons. The van der Waals surface area contributed by atoms with Crippen LogP contribution in [0.2, 0.25) is 0 Å². The normalized spacial score (nSPS) is 17.8. The highest BCUT2D eigenvalue weighted by Crippen LogP contribution is 2.54. The Balaban J connectivity index is 1.31. The summed E-state index contributed by atoms with van der Waals surface area (Å²) in [6.07, 6.45) is 5.53. The molecule has 0 saturated carbocycles. The van der Waals surface area contributed by atoms with E-state index in [9.17, 15) is 74.2 Å². The largest absolute Gasteiger partial charge is 0.420 e. The minimum absolute atomic E-state index is 0.0226. The average molecular weight is 1250 g/mol. The fraction of sp³-hybridized carbons (Fsp3) is 0.426. The maximum absolute atomic E-state index is 14.3. The standard InChI is InChI=1S/C54H62F4N2O19S4/c1-53(2)45(59(18-8-6-7-12-47(61)79-52-50(57)39(55)32-40(56)51(52)58)41-15-13-35-37(48(41)53)28-33(80(62,63)64)30-43(35)82(68,69)70)10-9-11-46-54(3,17-20-76-24-25-78-27-26-77-23-22-75-5)49-38-29-34(81(65,66)67)31-44(83(71,72)73)36(38)14-16-42(49)60(46)19-21-74-4/h9-11,13-16,28-32,46H,6-8,12,17-27H2,1-5H3,(H,62,63,64)(H,65,66,67)(H,68,69,70)(H,71,72,73)/b11-9+,45-10+. The Morgan fingerprint density at radius 2 is 1.10 bits per heavy atom. The van der Waals surface area contributed by atoms with Crippen molar-refractivity contribution in [1.29, 1.82) is 0 Å². The van der Waals surface area contributed by atoms with Crippen molar-refractivity contribution in [2.24, 2.45) is 0 Å². The molecule has 454 valence electrons. The van der Waals surface area contributed by atoms with Gasteiger partial charge in [-0.25, -0.2) is 8.78 Å². The number of carbonyl (C=O) groups excluding carboxylic acids is 1. The number of anilines is 2. The quantitative estimate of drug-likeness (QED) is 0.00917. The Labute approximate surface area is 477 Å². The highest BCUT2D eigenvalue weighted by atomic mass is 32.2. The van der Waals surface area contributed by atoms with Gasteiger partial charge in [0.25, 0.3) is 40.5 Å². The lowest BCUT2D eigenvalue weighted by Gasteiger charge is -2.35. The van der Waals surface area contributed by atoms with Crippen LogP contribution in [0, 0.1) is 23.3 Å². The number of allylic oxidation sites excluding steroid dienone is 3. The average Bonchev–Trinajstić information content (AvgIpc) is 1.97. The maximum Gasteiger partial charge on any atom is 0.311 e. The number of hydrogen-bond acceptors (Lipinski definition) is 17. The zero-order valence-corrected chi connectivity index (χ0v) is 48.8. The molecule has 7 rings (SSSR count). The molecule has 2 aliphatic heterocycles. The topological polar surface area (TPSA) is 296 Å². The number of benzene rings is 5. The number of ether oxygens (including phenoxy) is 6. The Morgan fingerprint density at radius 1 is 0.590 bits per heavy atom. The van der Waals surface area contributed by atoms with Crippen molar-refractivity contribution < 1.29 is 103 Å². The first kappa shape index (κ1) is 64.9. The van der Waals surface area contributed by atoms with E-state index in [0.29, 0.717) is 60.2 Å². The van der Waals surface area contributed by atoms with Gasteiger partial charge in [0.1, 0.15) is 9.79 Å². The summed E-state index contributed by atoms with van der Waals surface area (Å²) in [5.41, 5.74) is -0.131. The minimum Gasteiger partial charge on any atom is -0.420 e. The third-order valence-electron chi connectivity index (χ3n) is 14.5. The van der Waals surface area contributed by atoms with Gasteiger partial charge in [-0.05, 0) is 83.6 Å². The fourth-order valence-corrected chi connectivity index (χ4v) is 13.4. The third kappa shape index (κ3) is 14.2.